The molecule has 2 rings (SSSR count). The van der Waals surface area contributed by atoms with Gasteiger partial charge in [0.05, 0.1) is 0 Å². The third-order valence-electron chi connectivity index (χ3n) is 2.75. The first-order valence-electron chi connectivity index (χ1n) is 5.89. The minimum Gasteiger partial charge on any atom is -0.487 e. The third kappa shape index (κ3) is 3.29. The van der Waals surface area contributed by atoms with Gasteiger partial charge in [-0.3, -0.25) is 0 Å². The fraction of sp³-hybridized carbons (Fsp3) is 0.200. The molecule has 1 N–H and O–H groups in total. The minimum atomic E-state index is -1.14. The standard InChI is InChI=1S/C15H14F2O2/c1-10-6-7-13(17)15(8-10)19-9-14(18)11-4-2-3-5-12(11)16/h2-8,14,18H,9H2,1H3. The summed E-state index contributed by atoms with van der Waals surface area (Å²) in [4.78, 5) is 0. The van der Waals surface area contributed by atoms with E-state index in [1.54, 1.807) is 19.1 Å². The topological polar surface area (TPSA) is 29.5 Å². The molecule has 2 nitrogen and oxygen atoms in total. The van der Waals surface area contributed by atoms with Crippen molar-refractivity contribution >= 4 is 0 Å². The molecule has 4 heteroatoms. The average Bonchev–Trinajstić information content (AvgIpc) is 2.40. The quantitative estimate of drug-likeness (QED) is 0.917. The molecule has 2 aromatic rings. The molecule has 0 saturated carbocycles. The van der Waals surface area contributed by atoms with Gasteiger partial charge in [0, 0.05) is 5.56 Å². The van der Waals surface area contributed by atoms with Crippen LogP contribution in [0.1, 0.15) is 17.2 Å². The van der Waals surface area contributed by atoms with Crippen LogP contribution >= 0.6 is 0 Å². The van der Waals surface area contributed by atoms with Crippen LogP contribution < -0.4 is 4.74 Å². The molecule has 0 radical (unpaired) electrons. The van der Waals surface area contributed by atoms with Gasteiger partial charge < -0.3 is 9.84 Å². The van der Waals surface area contributed by atoms with E-state index < -0.39 is 17.7 Å². The van der Waals surface area contributed by atoms with Crippen molar-refractivity contribution in [3.63, 3.8) is 0 Å². The van der Waals surface area contributed by atoms with E-state index in [2.05, 4.69) is 0 Å². The number of benzene rings is 2. The highest BCUT2D eigenvalue weighted by atomic mass is 19.1. The second-order valence-electron chi connectivity index (χ2n) is 4.28. The molecule has 0 fully saturated rings. The van der Waals surface area contributed by atoms with Crippen LogP contribution in [-0.2, 0) is 0 Å². The lowest BCUT2D eigenvalue weighted by atomic mass is 10.1. The average molecular weight is 264 g/mol. The van der Waals surface area contributed by atoms with Gasteiger partial charge in [-0.2, -0.15) is 0 Å². The Kier molecular flexibility index (Phi) is 4.12. The second kappa shape index (κ2) is 5.80. The number of hydrogen-bond acceptors (Lipinski definition) is 2. The van der Waals surface area contributed by atoms with Crippen LogP contribution in [0.3, 0.4) is 0 Å². The zero-order chi connectivity index (χ0) is 13.8. The van der Waals surface area contributed by atoms with Gasteiger partial charge in [-0.1, -0.05) is 24.3 Å². The van der Waals surface area contributed by atoms with Crippen LogP contribution in [0.25, 0.3) is 0 Å². The van der Waals surface area contributed by atoms with Gasteiger partial charge >= 0.3 is 0 Å². The lowest BCUT2D eigenvalue weighted by Crippen LogP contribution is -2.11. The Morgan fingerprint density at radius 2 is 1.84 bits per heavy atom. The highest BCUT2D eigenvalue weighted by molar-refractivity contribution is 5.29. The largest absolute Gasteiger partial charge is 0.487 e. The predicted molar refractivity (Wildman–Crippen MR) is 68.0 cm³/mol. The number of aliphatic hydroxyl groups excluding tert-OH is 1. The van der Waals surface area contributed by atoms with Gasteiger partial charge in [-0.15, -0.1) is 0 Å². The van der Waals surface area contributed by atoms with E-state index in [0.29, 0.717) is 0 Å². The first kappa shape index (κ1) is 13.5. The maximum atomic E-state index is 13.4. The van der Waals surface area contributed by atoms with Crippen molar-refractivity contribution in [3.05, 3.63) is 65.2 Å². The van der Waals surface area contributed by atoms with Crippen molar-refractivity contribution in [2.24, 2.45) is 0 Å². The number of aryl methyl sites for hydroxylation is 1. The summed E-state index contributed by atoms with van der Waals surface area (Å²) in [5.41, 5.74) is 0.979. The molecule has 0 amide bonds. The Labute approximate surface area is 110 Å². The van der Waals surface area contributed by atoms with Gasteiger partial charge in [0.25, 0.3) is 0 Å². The third-order valence-corrected chi connectivity index (χ3v) is 2.75. The number of hydrogen-bond donors (Lipinski definition) is 1. The number of rotatable bonds is 4. The Bertz CT molecular complexity index is 570. The van der Waals surface area contributed by atoms with E-state index >= 15 is 0 Å². The first-order valence-corrected chi connectivity index (χ1v) is 5.89. The lowest BCUT2D eigenvalue weighted by molar-refractivity contribution is 0.102. The normalized spacial score (nSPS) is 12.2. The molecule has 0 aromatic heterocycles. The van der Waals surface area contributed by atoms with Gasteiger partial charge in [0.1, 0.15) is 18.5 Å². The number of halogens is 2. The van der Waals surface area contributed by atoms with E-state index in [9.17, 15) is 13.9 Å². The smallest absolute Gasteiger partial charge is 0.165 e. The molecule has 0 bridgehead atoms. The summed E-state index contributed by atoms with van der Waals surface area (Å²) in [5, 5.41) is 9.84. The van der Waals surface area contributed by atoms with E-state index in [4.69, 9.17) is 4.74 Å². The van der Waals surface area contributed by atoms with Crippen molar-refractivity contribution in [1.29, 1.82) is 0 Å². The molecule has 1 atom stereocenters. The summed E-state index contributed by atoms with van der Waals surface area (Å²) >= 11 is 0. The van der Waals surface area contributed by atoms with Crippen molar-refractivity contribution < 1.29 is 18.6 Å². The molecule has 0 aliphatic carbocycles. The van der Waals surface area contributed by atoms with Gasteiger partial charge in [-0.05, 0) is 30.7 Å². The summed E-state index contributed by atoms with van der Waals surface area (Å²) in [6, 6.07) is 10.3. The fourth-order valence-corrected chi connectivity index (χ4v) is 1.73. The summed E-state index contributed by atoms with van der Waals surface area (Å²) in [6.45, 7) is 1.60. The lowest BCUT2D eigenvalue weighted by Gasteiger charge is -2.14. The maximum Gasteiger partial charge on any atom is 0.165 e. The van der Waals surface area contributed by atoms with Gasteiger partial charge in [0.2, 0.25) is 0 Å². The van der Waals surface area contributed by atoms with Crippen LogP contribution in [0, 0.1) is 18.6 Å². The zero-order valence-electron chi connectivity index (χ0n) is 10.4. The molecule has 0 saturated heterocycles. The van der Waals surface area contributed by atoms with E-state index in [0.717, 1.165) is 5.56 Å². The molecule has 0 aliphatic rings. The Hall–Kier alpha value is -1.94. The molecule has 2 aromatic carbocycles. The SMILES string of the molecule is Cc1ccc(F)c(OCC(O)c2ccccc2F)c1. The Balaban J connectivity index is 2.06. The Morgan fingerprint density at radius 1 is 1.11 bits per heavy atom. The summed E-state index contributed by atoms with van der Waals surface area (Å²) in [6.07, 6.45) is -1.14. The van der Waals surface area contributed by atoms with Gasteiger partial charge in [-0.25, -0.2) is 8.78 Å². The highest BCUT2D eigenvalue weighted by Crippen LogP contribution is 2.22. The maximum absolute atomic E-state index is 13.4. The molecule has 19 heavy (non-hydrogen) atoms. The number of ether oxygens (including phenoxy) is 1. The van der Waals surface area contributed by atoms with Crippen LogP contribution in [0.5, 0.6) is 5.75 Å². The van der Waals surface area contributed by atoms with E-state index in [1.807, 2.05) is 0 Å². The fourth-order valence-electron chi connectivity index (χ4n) is 1.73. The zero-order valence-corrected chi connectivity index (χ0v) is 10.4. The Morgan fingerprint density at radius 3 is 2.58 bits per heavy atom. The van der Waals surface area contributed by atoms with Crippen molar-refractivity contribution in [3.8, 4) is 5.75 Å². The molecular weight excluding hydrogens is 250 g/mol. The first-order chi connectivity index (χ1) is 9.08. The predicted octanol–water partition coefficient (Wildman–Crippen LogP) is 3.39. The molecular formula is C15H14F2O2. The number of aliphatic hydroxyl groups is 1. The molecule has 0 aliphatic heterocycles. The molecule has 1 unspecified atom stereocenters. The van der Waals surface area contributed by atoms with Crippen molar-refractivity contribution in [2.75, 3.05) is 6.61 Å². The second-order valence-corrected chi connectivity index (χ2v) is 4.28. The molecule has 100 valence electrons. The minimum absolute atomic E-state index is 0.0513. The molecule has 0 heterocycles. The van der Waals surface area contributed by atoms with Crippen molar-refractivity contribution in [1.82, 2.24) is 0 Å². The van der Waals surface area contributed by atoms with Gasteiger partial charge in [0.15, 0.2) is 11.6 Å². The summed E-state index contributed by atoms with van der Waals surface area (Å²) < 4.78 is 32.0. The summed E-state index contributed by atoms with van der Waals surface area (Å²) in [5.74, 6) is -0.968. The van der Waals surface area contributed by atoms with Crippen LogP contribution in [-0.4, -0.2) is 11.7 Å². The van der Waals surface area contributed by atoms with Crippen LogP contribution in [0.2, 0.25) is 0 Å². The monoisotopic (exact) mass is 264 g/mol. The summed E-state index contributed by atoms with van der Waals surface area (Å²) in [7, 11) is 0. The van der Waals surface area contributed by atoms with E-state index in [-0.39, 0.29) is 17.9 Å². The van der Waals surface area contributed by atoms with Crippen LogP contribution in [0.4, 0.5) is 8.78 Å². The molecule has 0 spiro atoms. The highest BCUT2D eigenvalue weighted by Gasteiger charge is 2.14. The van der Waals surface area contributed by atoms with E-state index in [1.165, 1.54) is 30.3 Å². The van der Waals surface area contributed by atoms with Crippen molar-refractivity contribution in [2.45, 2.75) is 13.0 Å². The van der Waals surface area contributed by atoms with Crippen LogP contribution in [0.15, 0.2) is 42.5 Å².